The second-order valence-corrected chi connectivity index (χ2v) is 11.6. The second kappa shape index (κ2) is 10.4. The molecule has 3 rings (SSSR count). The molecule has 1 N–H and O–H groups in total. The first-order chi connectivity index (χ1) is 15.9. The van der Waals surface area contributed by atoms with E-state index in [2.05, 4.69) is 24.1 Å². The second-order valence-electron chi connectivity index (χ2n) is 9.55. The summed E-state index contributed by atoms with van der Waals surface area (Å²) >= 11 is 0. The molecule has 0 saturated carbocycles. The molecule has 0 radical (unpaired) electrons. The van der Waals surface area contributed by atoms with Crippen molar-refractivity contribution in [3.63, 3.8) is 0 Å². The Hall–Kier alpha value is -2.50. The Labute approximate surface area is 200 Å². The highest BCUT2D eigenvalue weighted by molar-refractivity contribution is 7.89. The molecule has 2 heterocycles. The molecule has 34 heavy (non-hydrogen) atoms. The third kappa shape index (κ3) is 5.59. The number of carbonyl (C=O) groups excluding carboxylic acids is 1. The van der Waals surface area contributed by atoms with Gasteiger partial charge >= 0.3 is 5.69 Å². The summed E-state index contributed by atoms with van der Waals surface area (Å²) in [4.78, 5) is 39.3. The fraction of sp³-hybridized carbons (Fsp3) is 0.609. The van der Waals surface area contributed by atoms with Crippen LogP contribution in [0, 0.1) is 11.8 Å². The van der Waals surface area contributed by atoms with Crippen LogP contribution in [0.2, 0.25) is 0 Å². The van der Waals surface area contributed by atoms with Gasteiger partial charge in [-0.15, -0.1) is 0 Å². The largest absolute Gasteiger partial charge is 0.355 e. The molecule has 1 aliphatic heterocycles. The number of aryl methyl sites for hydroxylation is 1. The number of carbonyl (C=O) groups is 1. The smallest absolute Gasteiger partial charge is 0.330 e. The number of amides is 1. The molecular weight excluding hydrogens is 458 g/mol. The van der Waals surface area contributed by atoms with Crippen molar-refractivity contribution in [3.8, 4) is 0 Å². The van der Waals surface area contributed by atoms with Gasteiger partial charge in [0.25, 0.3) is 5.56 Å². The first-order valence-corrected chi connectivity index (χ1v) is 13.0. The highest BCUT2D eigenvalue weighted by atomic mass is 32.2. The molecule has 0 bridgehead atoms. The Morgan fingerprint density at radius 3 is 2.41 bits per heavy atom. The molecule has 2 atom stereocenters. The Morgan fingerprint density at radius 1 is 1.12 bits per heavy atom. The third-order valence-electron chi connectivity index (χ3n) is 6.43. The molecular formula is C23H35N5O5S. The summed E-state index contributed by atoms with van der Waals surface area (Å²) in [5, 5.41) is 2.91. The number of nitrogens with zero attached hydrogens (tertiary/aromatic N) is 4. The molecule has 1 aliphatic rings. The highest BCUT2D eigenvalue weighted by Gasteiger charge is 2.25. The van der Waals surface area contributed by atoms with Crippen molar-refractivity contribution in [2.24, 2.45) is 25.9 Å². The highest BCUT2D eigenvalue weighted by Crippen LogP contribution is 2.21. The number of aromatic nitrogens is 2. The molecule has 0 aliphatic carbocycles. The molecule has 11 heteroatoms. The summed E-state index contributed by atoms with van der Waals surface area (Å²) in [5.74, 6) is 0.972. The Kier molecular flexibility index (Phi) is 7.99. The van der Waals surface area contributed by atoms with Crippen LogP contribution in [0.1, 0.15) is 26.7 Å². The van der Waals surface area contributed by atoms with Gasteiger partial charge in [-0.1, -0.05) is 13.8 Å². The average molecular weight is 494 g/mol. The van der Waals surface area contributed by atoms with Crippen molar-refractivity contribution >= 4 is 26.8 Å². The summed E-state index contributed by atoms with van der Waals surface area (Å²) in [7, 11) is 0.175. The minimum atomic E-state index is -4.01. The molecule has 2 aromatic rings. The lowest BCUT2D eigenvalue weighted by Crippen LogP contribution is -2.41. The molecule has 10 nitrogen and oxygen atoms in total. The quantitative estimate of drug-likeness (QED) is 0.531. The summed E-state index contributed by atoms with van der Waals surface area (Å²) in [6.45, 7) is 7.71. The average Bonchev–Trinajstić information content (AvgIpc) is 2.78. The van der Waals surface area contributed by atoms with E-state index in [-0.39, 0.29) is 22.7 Å². The lowest BCUT2D eigenvalue weighted by Gasteiger charge is -2.34. The van der Waals surface area contributed by atoms with E-state index in [0.29, 0.717) is 23.9 Å². The van der Waals surface area contributed by atoms with Gasteiger partial charge in [0.15, 0.2) is 0 Å². The fourth-order valence-corrected chi connectivity index (χ4v) is 5.92. The molecule has 1 amide bonds. The van der Waals surface area contributed by atoms with E-state index in [1.54, 1.807) is 0 Å². The van der Waals surface area contributed by atoms with E-state index in [4.69, 9.17) is 0 Å². The lowest BCUT2D eigenvalue weighted by atomic mass is 9.92. The molecule has 188 valence electrons. The Bertz CT molecular complexity index is 1270. The standard InChI is InChI=1S/C23H35N5O5S/c1-16-11-17(2)14-28(13-16)10-6-9-24-21(29)15-25(3)34(32,33)18-7-8-20-19(12-18)22(30)27(5)23(31)26(20)4/h7-8,12,16-17H,6,9-11,13-15H2,1-5H3,(H,24,29)/t16-,17-/m0/s1. The summed E-state index contributed by atoms with van der Waals surface area (Å²) < 4.78 is 29.2. The van der Waals surface area contributed by atoms with E-state index < -0.39 is 21.3 Å². The van der Waals surface area contributed by atoms with Crippen molar-refractivity contribution < 1.29 is 13.2 Å². The van der Waals surface area contributed by atoms with Gasteiger partial charge in [0.2, 0.25) is 15.9 Å². The van der Waals surface area contributed by atoms with Crippen LogP contribution in [-0.2, 0) is 28.9 Å². The number of piperidine rings is 1. The molecule has 1 aromatic heterocycles. The predicted octanol–water partition coefficient (Wildman–Crippen LogP) is 0.342. The molecule has 1 saturated heterocycles. The molecule has 1 aromatic carbocycles. The Balaban J connectivity index is 1.61. The first-order valence-electron chi connectivity index (χ1n) is 11.6. The van der Waals surface area contributed by atoms with Crippen LogP contribution in [0.25, 0.3) is 10.9 Å². The maximum absolute atomic E-state index is 13.0. The van der Waals surface area contributed by atoms with Crippen molar-refractivity contribution in [2.75, 3.05) is 39.8 Å². The maximum Gasteiger partial charge on any atom is 0.330 e. The first kappa shape index (κ1) is 26.1. The van der Waals surface area contributed by atoms with E-state index in [1.807, 2.05) is 0 Å². The van der Waals surface area contributed by atoms with Crippen molar-refractivity contribution in [3.05, 3.63) is 39.0 Å². The van der Waals surface area contributed by atoms with Crippen molar-refractivity contribution in [1.29, 1.82) is 0 Å². The van der Waals surface area contributed by atoms with Gasteiger partial charge in [-0.05, 0) is 49.4 Å². The number of nitrogens with one attached hydrogen (secondary N) is 1. The zero-order valence-corrected chi connectivity index (χ0v) is 21.4. The minimum Gasteiger partial charge on any atom is -0.355 e. The number of likely N-dealkylation sites (tertiary alicyclic amines) is 1. The van der Waals surface area contributed by atoms with Gasteiger partial charge < -0.3 is 10.2 Å². The topological polar surface area (TPSA) is 114 Å². The lowest BCUT2D eigenvalue weighted by molar-refractivity contribution is -0.121. The van der Waals surface area contributed by atoms with Crippen LogP contribution >= 0.6 is 0 Å². The zero-order chi connectivity index (χ0) is 25.2. The van der Waals surface area contributed by atoms with E-state index in [9.17, 15) is 22.8 Å². The monoisotopic (exact) mass is 493 g/mol. The Morgan fingerprint density at radius 2 is 1.76 bits per heavy atom. The van der Waals surface area contributed by atoms with Crippen molar-refractivity contribution in [1.82, 2.24) is 23.7 Å². The number of benzene rings is 1. The van der Waals surface area contributed by atoms with Crippen molar-refractivity contribution in [2.45, 2.75) is 31.6 Å². The zero-order valence-electron chi connectivity index (χ0n) is 20.6. The van der Waals surface area contributed by atoms with Crippen LogP contribution in [0.15, 0.2) is 32.7 Å². The van der Waals surface area contributed by atoms with Crippen LogP contribution in [0.4, 0.5) is 0 Å². The predicted molar refractivity (Wildman–Crippen MR) is 131 cm³/mol. The third-order valence-corrected chi connectivity index (χ3v) is 8.23. The van der Waals surface area contributed by atoms with Gasteiger partial charge in [-0.2, -0.15) is 4.31 Å². The van der Waals surface area contributed by atoms with Crippen LogP contribution in [-0.4, -0.2) is 72.4 Å². The summed E-state index contributed by atoms with van der Waals surface area (Å²) in [6.07, 6.45) is 2.05. The number of rotatable bonds is 8. The SMILES string of the molecule is C[C@H]1C[C@H](C)CN(CCCNC(=O)CN(C)S(=O)(=O)c2ccc3c(c2)c(=O)n(C)c(=O)n3C)C1. The fourth-order valence-electron chi connectivity index (χ4n) is 4.76. The van der Waals surface area contributed by atoms with Gasteiger partial charge in [0.05, 0.1) is 22.3 Å². The molecule has 1 fully saturated rings. The number of hydrogen-bond donors (Lipinski definition) is 1. The van der Waals surface area contributed by atoms with Gasteiger partial charge in [-0.25, -0.2) is 13.2 Å². The normalized spacial score (nSPS) is 19.6. The number of fused-ring (bicyclic) bond motifs is 1. The van der Waals surface area contributed by atoms with Gasteiger partial charge in [0.1, 0.15) is 0 Å². The number of likely N-dealkylation sites (N-methyl/N-ethyl adjacent to an activating group) is 1. The molecule has 0 spiro atoms. The maximum atomic E-state index is 13.0. The van der Waals surface area contributed by atoms with Gasteiger partial charge in [0, 0.05) is 40.8 Å². The van der Waals surface area contributed by atoms with E-state index in [1.165, 1.54) is 50.3 Å². The number of sulfonamides is 1. The molecule has 0 unspecified atom stereocenters. The van der Waals surface area contributed by atoms with Gasteiger partial charge in [-0.3, -0.25) is 18.7 Å². The van der Waals surface area contributed by atoms with E-state index in [0.717, 1.165) is 34.9 Å². The summed E-state index contributed by atoms with van der Waals surface area (Å²) in [5.41, 5.74) is -0.732. The summed E-state index contributed by atoms with van der Waals surface area (Å²) in [6, 6.07) is 4.02. The number of hydrogen-bond acceptors (Lipinski definition) is 6. The van der Waals surface area contributed by atoms with Crippen LogP contribution < -0.4 is 16.6 Å². The minimum absolute atomic E-state index is 0.112. The van der Waals surface area contributed by atoms with Crippen LogP contribution in [0.5, 0.6) is 0 Å². The van der Waals surface area contributed by atoms with E-state index >= 15 is 0 Å². The van der Waals surface area contributed by atoms with Crippen LogP contribution in [0.3, 0.4) is 0 Å².